The summed E-state index contributed by atoms with van der Waals surface area (Å²) in [5.74, 6) is 0.380. The van der Waals surface area contributed by atoms with Gasteiger partial charge in [-0.3, -0.25) is 4.79 Å². The van der Waals surface area contributed by atoms with Gasteiger partial charge in [-0.15, -0.1) is 6.58 Å². The van der Waals surface area contributed by atoms with E-state index in [1.807, 2.05) is 0 Å². The molecule has 0 heterocycles. The maximum absolute atomic E-state index is 11.6. The zero-order valence-electron chi connectivity index (χ0n) is 8.42. The lowest BCUT2D eigenvalue weighted by molar-refractivity contribution is 0.0955. The lowest BCUT2D eigenvalue weighted by Crippen LogP contribution is -2.23. The normalized spacial score (nSPS) is 9.47. The molecule has 0 bridgehead atoms. The molecule has 1 aromatic rings. The molecule has 3 nitrogen and oxygen atoms in total. The Labute approximate surface area is 97.3 Å². The van der Waals surface area contributed by atoms with Gasteiger partial charge in [0.1, 0.15) is 5.75 Å². The van der Waals surface area contributed by atoms with Crippen LogP contribution in [0.15, 0.2) is 35.3 Å². The molecule has 0 saturated heterocycles. The zero-order chi connectivity index (χ0) is 11.3. The topological polar surface area (TPSA) is 38.3 Å². The van der Waals surface area contributed by atoms with Crippen molar-refractivity contribution in [2.75, 3.05) is 13.7 Å². The van der Waals surface area contributed by atoms with Gasteiger partial charge < -0.3 is 10.1 Å². The Hall–Kier alpha value is -1.29. The maximum atomic E-state index is 11.6. The molecule has 0 radical (unpaired) electrons. The average molecular weight is 270 g/mol. The van der Waals surface area contributed by atoms with E-state index in [1.165, 1.54) is 7.11 Å². The molecule has 0 unspecified atom stereocenters. The molecule has 15 heavy (non-hydrogen) atoms. The van der Waals surface area contributed by atoms with Gasteiger partial charge in [-0.05, 0) is 18.2 Å². The number of carbonyl (C=O) groups is 1. The highest BCUT2D eigenvalue weighted by atomic mass is 79.9. The second-order valence-electron chi connectivity index (χ2n) is 2.84. The second kappa shape index (κ2) is 5.56. The summed E-state index contributed by atoms with van der Waals surface area (Å²) in [6.07, 6.45) is 1.63. The number of benzene rings is 1. The number of hydrogen-bond acceptors (Lipinski definition) is 2. The average Bonchev–Trinajstić information content (AvgIpc) is 2.25. The van der Waals surface area contributed by atoms with E-state index in [1.54, 1.807) is 24.3 Å². The molecule has 1 N–H and O–H groups in total. The van der Waals surface area contributed by atoms with Crippen LogP contribution in [0.3, 0.4) is 0 Å². The molecule has 0 aliphatic rings. The summed E-state index contributed by atoms with van der Waals surface area (Å²) in [5.41, 5.74) is 0.516. The largest absolute Gasteiger partial charge is 0.496 e. The standard InChI is InChI=1S/C11H12BrNO2/c1-3-6-13-11(14)9-5-4-8(12)7-10(9)15-2/h3-5,7H,1,6H2,2H3,(H,13,14). The van der Waals surface area contributed by atoms with E-state index in [0.29, 0.717) is 17.9 Å². The van der Waals surface area contributed by atoms with E-state index in [0.717, 1.165) is 4.47 Å². The number of amides is 1. The molecule has 80 valence electrons. The Morgan fingerprint density at radius 2 is 2.40 bits per heavy atom. The smallest absolute Gasteiger partial charge is 0.255 e. The van der Waals surface area contributed by atoms with E-state index in [4.69, 9.17) is 4.74 Å². The lowest BCUT2D eigenvalue weighted by atomic mass is 10.2. The number of hydrogen-bond donors (Lipinski definition) is 1. The van der Waals surface area contributed by atoms with E-state index in [9.17, 15) is 4.79 Å². The van der Waals surface area contributed by atoms with Gasteiger partial charge in [0, 0.05) is 11.0 Å². The van der Waals surface area contributed by atoms with Crippen LogP contribution in [0, 0.1) is 0 Å². The molecule has 1 rings (SSSR count). The number of carbonyl (C=O) groups excluding carboxylic acids is 1. The molecule has 0 spiro atoms. The van der Waals surface area contributed by atoms with Crippen molar-refractivity contribution in [2.45, 2.75) is 0 Å². The molecule has 0 atom stereocenters. The molecular weight excluding hydrogens is 258 g/mol. The van der Waals surface area contributed by atoms with Crippen LogP contribution in [-0.4, -0.2) is 19.6 Å². The van der Waals surface area contributed by atoms with Gasteiger partial charge in [0.05, 0.1) is 12.7 Å². The van der Waals surface area contributed by atoms with Crippen molar-refractivity contribution in [2.24, 2.45) is 0 Å². The fourth-order valence-electron chi connectivity index (χ4n) is 1.11. The summed E-state index contributed by atoms with van der Waals surface area (Å²) >= 11 is 3.31. The molecule has 1 amide bonds. The summed E-state index contributed by atoms with van der Waals surface area (Å²) in [6, 6.07) is 5.26. The quantitative estimate of drug-likeness (QED) is 0.853. The van der Waals surface area contributed by atoms with Crippen molar-refractivity contribution in [1.29, 1.82) is 0 Å². The third-order valence-electron chi connectivity index (χ3n) is 1.82. The number of rotatable bonds is 4. The highest BCUT2D eigenvalue weighted by Crippen LogP contribution is 2.23. The maximum Gasteiger partial charge on any atom is 0.255 e. The predicted octanol–water partition coefficient (Wildman–Crippen LogP) is 2.37. The first-order chi connectivity index (χ1) is 7.19. The third kappa shape index (κ3) is 3.09. The Morgan fingerprint density at radius 3 is 3.00 bits per heavy atom. The van der Waals surface area contributed by atoms with Crippen LogP contribution in [0.25, 0.3) is 0 Å². The van der Waals surface area contributed by atoms with Crippen LogP contribution < -0.4 is 10.1 Å². The van der Waals surface area contributed by atoms with E-state index in [2.05, 4.69) is 27.8 Å². The van der Waals surface area contributed by atoms with E-state index in [-0.39, 0.29) is 5.91 Å². The monoisotopic (exact) mass is 269 g/mol. The van der Waals surface area contributed by atoms with Gasteiger partial charge in [0.25, 0.3) is 5.91 Å². The fraction of sp³-hybridized carbons (Fsp3) is 0.182. The highest BCUT2D eigenvalue weighted by molar-refractivity contribution is 9.10. The predicted molar refractivity (Wildman–Crippen MR) is 63.2 cm³/mol. The highest BCUT2D eigenvalue weighted by Gasteiger charge is 2.11. The minimum absolute atomic E-state index is 0.167. The fourth-order valence-corrected chi connectivity index (χ4v) is 1.45. The summed E-state index contributed by atoms with van der Waals surface area (Å²) in [6.45, 7) is 3.97. The van der Waals surface area contributed by atoms with Gasteiger partial charge in [0.2, 0.25) is 0 Å². The molecular formula is C11H12BrNO2. The molecule has 0 aromatic heterocycles. The van der Waals surface area contributed by atoms with Crippen LogP contribution in [0.1, 0.15) is 10.4 Å². The van der Waals surface area contributed by atoms with Gasteiger partial charge >= 0.3 is 0 Å². The van der Waals surface area contributed by atoms with Crippen molar-refractivity contribution < 1.29 is 9.53 Å². The lowest BCUT2D eigenvalue weighted by Gasteiger charge is -2.08. The van der Waals surface area contributed by atoms with Gasteiger partial charge in [-0.1, -0.05) is 22.0 Å². The molecule has 0 aliphatic carbocycles. The Kier molecular flexibility index (Phi) is 4.37. The number of ether oxygens (including phenoxy) is 1. The Morgan fingerprint density at radius 1 is 1.67 bits per heavy atom. The zero-order valence-corrected chi connectivity index (χ0v) is 10.0. The molecule has 0 fully saturated rings. The molecule has 1 aromatic carbocycles. The van der Waals surface area contributed by atoms with Crippen molar-refractivity contribution in [3.8, 4) is 5.75 Å². The Balaban J connectivity index is 2.92. The molecule has 4 heteroatoms. The minimum Gasteiger partial charge on any atom is -0.496 e. The number of methoxy groups -OCH3 is 1. The second-order valence-corrected chi connectivity index (χ2v) is 3.76. The SMILES string of the molecule is C=CCNC(=O)c1ccc(Br)cc1OC. The molecule has 0 aliphatic heterocycles. The van der Waals surface area contributed by atoms with Crippen molar-refractivity contribution >= 4 is 21.8 Å². The number of nitrogens with one attached hydrogen (secondary N) is 1. The van der Waals surface area contributed by atoms with E-state index < -0.39 is 0 Å². The van der Waals surface area contributed by atoms with Crippen molar-refractivity contribution in [3.63, 3.8) is 0 Å². The summed E-state index contributed by atoms with van der Waals surface area (Å²) < 4.78 is 5.99. The van der Waals surface area contributed by atoms with Crippen LogP contribution in [0.5, 0.6) is 5.75 Å². The third-order valence-corrected chi connectivity index (χ3v) is 2.31. The van der Waals surface area contributed by atoms with Gasteiger partial charge in [0.15, 0.2) is 0 Å². The van der Waals surface area contributed by atoms with Crippen molar-refractivity contribution in [3.05, 3.63) is 40.9 Å². The Bertz CT molecular complexity index is 377. The van der Waals surface area contributed by atoms with Gasteiger partial charge in [-0.25, -0.2) is 0 Å². The van der Waals surface area contributed by atoms with Crippen LogP contribution in [-0.2, 0) is 0 Å². The van der Waals surface area contributed by atoms with Crippen molar-refractivity contribution in [1.82, 2.24) is 5.32 Å². The van der Waals surface area contributed by atoms with Crippen LogP contribution in [0.4, 0.5) is 0 Å². The first-order valence-corrected chi connectivity index (χ1v) is 5.21. The minimum atomic E-state index is -0.167. The van der Waals surface area contributed by atoms with Crippen LogP contribution in [0.2, 0.25) is 0 Å². The summed E-state index contributed by atoms with van der Waals surface area (Å²) in [4.78, 5) is 11.6. The summed E-state index contributed by atoms with van der Waals surface area (Å²) in [7, 11) is 1.53. The number of halogens is 1. The van der Waals surface area contributed by atoms with E-state index >= 15 is 0 Å². The van der Waals surface area contributed by atoms with Crippen LogP contribution >= 0.6 is 15.9 Å². The first kappa shape index (κ1) is 11.8. The summed E-state index contributed by atoms with van der Waals surface area (Å²) in [5, 5.41) is 2.69. The van der Waals surface area contributed by atoms with Gasteiger partial charge in [-0.2, -0.15) is 0 Å². The first-order valence-electron chi connectivity index (χ1n) is 4.41. The molecule has 0 saturated carbocycles.